The molecule has 4 nitrogen and oxygen atoms in total. The lowest BCUT2D eigenvalue weighted by Gasteiger charge is -2.34. The van der Waals surface area contributed by atoms with Crippen molar-refractivity contribution < 1.29 is 9.53 Å². The van der Waals surface area contributed by atoms with Crippen LogP contribution in [0.15, 0.2) is 60.2 Å². The molecule has 2 N–H and O–H groups in total. The molecule has 1 aromatic carbocycles. The molecule has 1 aliphatic heterocycles. The second kappa shape index (κ2) is 13.2. The summed E-state index contributed by atoms with van der Waals surface area (Å²) in [6.45, 7) is 14.0. The minimum atomic E-state index is -0.548. The summed E-state index contributed by atoms with van der Waals surface area (Å²) in [6.07, 6.45) is 11.4. The van der Waals surface area contributed by atoms with Crippen LogP contribution in [0.4, 0.5) is 4.79 Å². The molecule has 0 saturated heterocycles. The molecular formula is C27H42N2O2. The van der Waals surface area contributed by atoms with Crippen molar-refractivity contribution in [2.24, 2.45) is 5.73 Å². The average Bonchev–Trinajstić information content (AvgIpc) is 2.95. The van der Waals surface area contributed by atoms with Gasteiger partial charge in [-0.1, -0.05) is 82.3 Å². The highest BCUT2D eigenvalue weighted by molar-refractivity contribution is 5.82. The van der Waals surface area contributed by atoms with Crippen molar-refractivity contribution in [3.05, 3.63) is 65.8 Å². The van der Waals surface area contributed by atoms with Gasteiger partial charge in [-0.2, -0.15) is 0 Å². The average molecular weight is 427 g/mol. The third-order valence-electron chi connectivity index (χ3n) is 4.91. The maximum atomic E-state index is 13.1. The van der Waals surface area contributed by atoms with Crippen LogP contribution in [0.1, 0.15) is 73.3 Å². The Morgan fingerprint density at radius 1 is 1.06 bits per heavy atom. The standard InChI is InChI=1S/C23H30N2O2.2C2H6/c1-23(2,3)27-22(26)25-20(18-13-7-4-5-8-14-18)15-19(21(25)16-24)17-11-9-6-10-12-17;2*1-2/h4,6-7,9-12,14-15,20-21H,5,8,13,16,24H2,1-3H3;2*1-2H3. The van der Waals surface area contributed by atoms with Crippen LogP contribution in [0, 0.1) is 0 Å². The second-order valence-corrected chi connectivity index (χ2v) is 8.10. The monoisotopic (exact) mass is 426 g/mol. The maximum absolute atomic E-state index is 13.1. The number of nitrogens with two attached hydrogens (primary N) is 1. The molecule has 1 amide bonds. The van der Waals surface area contributed by atoms with Crippen molar-refractivity contribution >= 4 is 11.7 Å². The summed E-state index contributed by atoms with van der Waals surface area (Å²) in [5.41, 5.74) is 9.05. The number of carbonyl (C=O) groups excluding carboxylic acids is 1. The van der Waals surface area contributed by atoms with Gasteiger partial charge < -0.3 is 10.5 Å². The van der Waals surface area contributed by atoms with Gasteiger partial charge in [0.1, 0.15) is 5.60 Å². The van der Waals surface area contributed by atoms with E-state index in [0.29, 0.717) is 6.54 Å². The van der Waals surface area contributed by atoms with Gasteiger partial charge >= 0.3 is 6.09 Å². The minimum Gasteiger partial charge on any atom is -0.444 e. The fraction of sp³-hybridized carbons (Fsp3) is 0.519. The van der Waals surface area contributed by atoms with Gasteiger partial charge in [0, 0.05) is 6.54 Å². The van der Waals surface area contributed by atoms with E-state index in [0.717, 1.165) is 30.4 Å². The van der Waals surface area contributed by atoms with Crippen molar-refractivity contribution in [1.29, 1.82) is 0 Å². The van der Waals surface area contributed by atoms with Crippen LogP contribution < -0.4 is 5.73 Å². The van der Waals surface area contributed by atoms with Gasteiger partial charge in [-0.25, -0.2) is 4.79 Å². The van der Waals surface area contributed by atoms with E-state index >= 15 is 0 Å². The molecule has 1 aromatic rings. The van der Waals surface area contributed by atoms with Crippen molar-refractivity contribution in [2.75, 3.05) is 6.54 Å². The zero-order chi connectivity index (χ0) is 23.4. The van der Waals surface area contributed by atoms with Crippen molar-refractivity contribution in [3.8, 4) is 0 Å². The van der Waals surface area contributed by atoms with Gasteiger partial charge in [-0.05, 0) is 56.7 Å². The van der Waals surface area contributed by atoms with Crippen molar-refractivity contribution in [1.82, 2.24) is 4.90 Å². The zero-order valence-electron chi connectivity index (χ0n) is 20.5. The molecule has 4 heteroatoms. The summed E-state index contributed by atoms with van der Waals surface area (Å²) in [6, 6.07) is 9.87. The molecule has 0 bridgehead atoms. The Hall–Kier alpha value is -2.33. The van der Waals surface area contributed by atoms with Crippen LogP contribution in [0.25, 0.3) is 5.57 Å². The third kappa shape index (κ3) is 7.39. The van der Waals surface area contributed by atoms with E-state index < -0.39 is 5.60 Å². The summed E-state index contributed by atoms with van der Waals surface area (Å²) in [4.78, 5) is 14.9. The van der Waals surface area contributed by atoms with Crippen LogP contribution in [0.5, 0.6) is 0 Å². The number of hydrogen-bond acceptors (Lipinski definition) is 3. The van der Waals surface area contributed by atoms with Crippen LogP contribution in [-0.2, 0) is 4.74 Å². The fourth-order valence-electron chi connectivity index (χ4n) is 3.73. The Morgan fingerprint density at radius 2 is 1.71 bits per heavy atom. The Labute approximate surface area is 189 Å². The predicted molar refractivity (Wildman–Crippen MR) is 133 cm³/mol. The molecular weight excluding hydrogens is 384 g/mol. The number of allylic oxidation sites excluding steroid dienone is 3. The molecule has 0 aromatic heterocycles. The normalized spacial score (nSPS) is 20.3. The van der Waals surface area contributed by atoms with Gasteiger partial charge in [0.2, 0.25) is 0 Å². The molecule has 3 rings (SSSR count). The van der Waals surface area contributed by atoms with E-state index in [1.165, 1.54) is 5.57 Å². The molecule has 2 aliphatic rings. The summed E-state index contributed by atoms with van der Waals surface area (Å²) >= 11 is 0. The molecule has 2 atom stereocenters. The van der Waals surface area contributed by atoms with E-state index in [2.05, 4.69) is 36.4 Å². The zero-order valence-corrected chi connectivity index (χ0v) is 20.5. The number of amides is 1. The van der Waals surface area contributed by atoms with Gasteiger partial charge in [0.25, 0.3) is 0 Å². The van der Waals surface area contributed by atoms with Crippen LogP contribution >= 0.6 is 0 Å². The molecule has 2 unspecified atom stereocenters. The fourth-order valence-corrected chi connectivity index (χ4v) is 3.73. The lowest BCUT2D eigenvalue weighted by atomic mass is 9.99. The number of nitrogens with zero attached hydrogens (tertiary/aromatic N) is 1. The topological polar surface area (TPSA) is 55.6 Å². The van der Waals surface area contributed by atoms with Gasteiger partial charge in [0.05, 0.1) is 12.1 Å². The number of hydrogen-bond donors (Lipinski definition) is 1. The summed E-state index contributed by atoms with van der Waals surface area (Å²) in [7, 11) is 0. The Bertz CT molecular complexity index is 757. The van der Waals surface area contributed by atoms with E-state index in [-0.39, 0.29) is 18.2 Å². The van der Waals surface area contributed by atoms with Gasteiger partial charge in [-0.3, -0.25) is 4.90 Å². The molecule has 1 aliphatic carbocycles. The number of benzene rings is 1. The first-order valence-corrected chi connectivity index (χ1v) is 11.7. The quantitative estimate of drug-likeness (QED) is 0.545. The van der Waals surface area contributed by atoms with E-state index in [1.807, 2.05) is 71.6 Å². The number of rotatable bonds is 3. The summed E-state index contributed by atoms with van der Waals surface area (Å²) in [5, 5.41) is 0. The molecule has 172 valence electrons. The van der Waals surface area contributed by atoms with Gasteiger partial charge in [-0.15, -0.1) is 0 Å². The molecule has 0 radical (unpaired) electrons. The molecule has 0 spiro atoms. The number of ether oxygens (including phenoxy) is 1. The lowest BCUT2D eigenvalue weighted by molar-refractivity contribution is 0.0200. The summed E-state index contributed by atoms with van der Waals surface area (Å²) in [5.74, 6) is 0. The Morgan fingerprint density at radius 3 is 2.29 bits per heavy atom. The van der Waals surface area contributed by atoms with Gasteiger partial charge in [0.15, 0.2) is 0 Å². The minimum absolute atomic E-state index is 0.119. The van der Waals surface area contributed by atoms with Crippen LogP contribution in [-0.4, -0.2) is 35.2 Å². The van der Waals surface area contributed by atoms with E-state index in [1.54, 1.807) is 0 Å². The molecule has 31 heavy (non-hydrogen) atoms. The SMILES string of the molecule is CC.CC.CC(C)(C)OC(=O)N1C(C2=CCCC=CC2)C=C(c2ccccc2)C1CN. The third-order valence-corrected chi connectivity index (χ3v) is 4.91. The first-order chi connectivity index (χ1) is 14.9. The summed E-state index contributed by atoms with van der Waals surface area (Å²) < 4.78 is 5.74. The maximum Gasteiger partial charge on any atom is 0.411 e. The first-order valence-electron chi connectivity index (χ1n) is 11.7. The van der Waals surface area contributed by atoms with E-state index in [9.17, 15) is 4.79 Å². The van der Waals surface area contributed by atoms with Crippen molar-refractivity contribution in [3.63, 3.8) is 0 Å². The molecule has 0 saturated carbocycles. The molecule has 0 fully saturated rings. The first kappa shape index (κ1) is 26.7. The highest BCUT2D eigenvalue weighted by Gasteiger charge is 2.41. The van der Waals surface area contributed by atoms with Crippen LogP contribution in [0.3, 0.4) is 0 Å². The Balaban J connectivity index is 0.00000113. The highest BCUT2D eigenvalue weighted by atomic mass is 16.6. The lowest BCUT2D eigenvalue weighted by Crippen LogP contribution is -2.48. The molecule has 1 heterocycles. The van der Waals surface area contributed by atoms with Crippen LogP contribution in [0.2, 0.25) is 0 Å². The van der Waals surface area contributed by atoms with Crippen molar-refractivity contribution in [2.45, 2.75) is 85.4 Å². The van der Waals surface area contributed by atoms with E-state index in [4.69, 9.17) is 10.5 Å². The number of carbonyl (C=O) groups is 1. The second-order valence-electron chi connectivity index (χ2n) is 8.10. The largest absolute Gasteiger partial charge is 0.444 e. The smallest absolute Gasteiger partial charge is 0.411 e. The predicted octanol–water partition coefficient (Wildman–Crippen LogP) is 6.74. The Kier molecular flexibility index (Phi) is 11.3. The highest BCUT2D eigenvalue weighted by Crippen LogP contribution is 2.36.